The number of likely N-dealkylation sites (tertiary alicyclic amines) is 1. The molecule has 2 fully saturated rings. The Morgan fingerprint density at radius 3 is 2.80 bits per heavy atom. The maximum Gasteiger partial charge on any atom is 0.0221 e. The molecule has 0 saturated carbocycles. The number of nitrogens with one attached hydrogen (secondary N) is 1. The van der Waals surface area contributed by atoms with Crippen molar-refractivity contribution in [1.82, 2.24) is 10.2 Å². The molecule has 2 heterocycles. The van der Waals surface area contributed by atoms with Gasteiger partial charge in [0.15, 0.2) is 0 Å². The fourth-order valence-electron chi connectivity index (χ4n) is 3.12. The van der Waals surface area contributed by atoms with Crippen molar-refractivity contribution in [2.75, 3.05) is 26.2 Å². The summed E-state index contributed by atoms with van der Waals surface area (Å²) >= 11 is 0. The zero-order chi connectivity index (χ0) is 10.9. The molecule has 0 aliphatic carbocycles. The lowest BCUT2D eigenvalue weighted by molar-refractivity contribution is 0.105. The van der Waals surface area contributed by atoms with Crippen LogP contribution < -0.4 is 5.32 Å². The van der Waals surface area contributed by atoms with E-state index in [2.05, 4.69) is 31.0 Å². The summed E-state index contributed by atoms with van der Waals surface area (Å²) in [4.78, 5) is 2.67. The third-order valence-electron chi connectivity index (χ3n) is 4.13. The van der Waals surface area contributed by atoms with E-state index in [1.165, 1.54) is 45.4 Å². The van der Waals surface area contributed by atoms with E-state index in [9.17, 15) is 0 Å². The Kier molecular flexibility index (Phi) is 3.36. The van der Waals surface area contributed by atoms with E-state index in [1.54, 1.807) is 0 Å². The fourth-order valence-corrected chi connectivity index (χ4v) is 3.12. The van der Waals surface area contributed by atoms with Gasteiger partial charge in [-0.25, -0.2) is 0 Å². The van der Waals surface area contributed by atoms with Crippen molar-refractivity contribution in [3.63, 3.8) is 0 Å². The lowest BCUT2D eigenvalue weighted by Crippen LogP contribution is -2.46. The molecule has 2 aliphatic heterocycles. The van der Waals surface area contributed by atoms with Gasteiger partial charge in [-0.15, -0.1) is 0 Å². The Morgan fingerprint density at radius 1 is 1.40 bits per heavy atom. The number of piperidine rings is 1. The summed E-state index contributed by atoms with van der Waals surface area (Å²) in [5.74, 6) is 0.870. The van der Waals surface area contributed by atoms with Crippen LogP contribution in [0.15, 0.2) is 0 Å². The van der Waals surface area contributed by atoms with Crippen molar-refractivity contribution in [2.24, 2.45) is 11.3 Å². The molecule has 2 rings (SSSR count). The molecule has 2 nitrogen and oxygen atoms in total. The van der Waals surface area contributed by atoms with Crippen LogP contribution in [-0.2, 0) is 0 Å². The number of hydrogen-bond acceptors (Lipinski definition) is 2. The van der Waals surface area contributed by atoms with Crippen LogP contribution in [0.1, 0.15) is 40.0 Å². The first kappa shape index (κ1) is 11.4. The van der Waals surface area contributed by atoms with Gasteiger partial charge >= 0.3 is 0 Å². The van der Waals surface area contributed by atoms with E-state index >= 15 is 0 Å². The molecule has 0 bridgehead atoms. The van der Waals surface area contributed by atoms with Gasteiger partial charge in [0.2, 0.25) is 0 Å². The molecule has 88 valence electrons. The first-order valence-corrected chi connectivity index (χ1v) is 6.53. The minimum absolute atomic E-state index is 0.542. The molecule has 0 amide bonds. The zero-order valence-electron chi connectivity index (χ0n) is 10.6. The molecule has 2 unspecified atom stereocenters. The largest absolute Gasteiger partial charge is 0.312 e. The van der Waals surface area contributed by atoms with Crippen molar-refractivity contribution < 1.29 is 0 Å². The normalized spacial score (nSPS) is 37.0. The van der Waals surface area contributed by atoms with Crippen LogP contribution in [-0.4, -0.2) is 37.1 Å². The third-order valence-corrected chi connectivity index (χ3v) is 4.13. The van der Waals surface area contributed by atoms with Crippen molar-refractivity contribution in [3.05, 3.63) is 0 Å². The first-order valence-electron chi connectivity index (χ1n) is 6.53. The highest BCUT2D eigenvalue weighted by Gasteiger charge is 2.30. The van der Waals surface area contributed by atoms with Gasteiger partial charge in [0.1, 0.15) is 0 Å². The molecule has 0 aromatic carbocycles. The smallest absolute Gasteiger partial charge is 0.0221 e. The average molecular weight is 210 g/mol. The predicted octanol–water partition coefficient (Wildman–Crippen LogP) is 2.11. The summed E-state index contributed by atoms with van der Waals surface area (Å²) in [5, 5.41) is 3.64. The molecule has 2 aliphatic rings. The third kappa shape index (κ3) is 2.94. The van der Waals surface area contributed by atoms with E-state index in [0.29, 0.717) is 5.41 Å². The van der Waals surface area contributed by atoms with E-state index < -0.39 is 0 Å². The molecule has 15 heavy (non-hydrogen) atoms. The quantitative estimate of drug-likeness (QED) is 0.751. The minimum atomic E-state index is 0.542. The monoisotopic (exact) mass is 210 g/mol. The van der Waals surface area contributed by atoms with Gasteiger partial charge in [0.05, 0.1) is 0 Å². The van der Waals surface area contributed by atoms with Crippen LogP contribution in [0, 0.1) is 11.3 Å². The second kappa shape index (κ2) is 4.42. The molecule has 0 aromatic rings. The second-order valence-electron chi connectivity index (χ2n) is 6.33. The Balaban J connectivity index is 1.83. The summed E-state index contributed by atoms with van der Waals surface area (Å²) in [6, 6.07) is 0.749. The molecule has 0 spiro atoms. The van der Waals surface area contributed by atoms with Crippen molar-refractivity contribution in [3.8, 4) is 0 Å². The maximum absolute atomic E-state index is 3.64. The molecule has 2 heteroatoms. The summed E-state index contributed by atoms with van der Waals surface area (Å²) < 4.78 is 0. The van der Waals surface area contributed by atoms with Crippen LogP contribution in [0.4, 0.5) is 0 Å². The Bertz CT molecular complexity index is 213. The number of hydrogen-bond donors (Lipinski definition) is 1. The lowest BCUT2D eigenvalue weighted by atomic mass is 9.84. The van der Waals surface area contributed by atoms with Crippen LogP contribution in [0.3, 0.4) is 0 Å². The number of nitrogens with zero attached hydrogens (tertiary/aromatic N) is 1. The Hall–Kier alpha value is -0.0800. The van der Waals surface area contributed by atoms with Crippen molar-refractivity contribution in [1.29, 1.82) is 0 Å². The van der Waals surface area contributed by atoms with Crippen LogP contribution in [0.5, 0.6) is 0 Å². The molecular formula is C13H26N2. The maximum atomic E-state index is 3.64. The highest BCUT2D eigenvalue weighted by Crippen LogP contribution is 2.29. The van der Waals surface area contributed by atoms with Crippen LogP contribution in [0.25, 0.3) is 0 Å². The molecule has 2 atom stereocenters. The first-order chi connectivity index (χ1) is 7.07. The van der Waals surface area contributed by atoms with Crippen LogP contribution >= 0.6 is 0 Å². The lowest BCUT2D eigenvalue weighted by Gasteiger charge is -2.39. The van der Waals surface area contributed by atoms with Gasteiger partial charge in [-0.05, 0) is 43.7 Å². The Morgan fingerprint density at radius 2 is 2.20 bits per heavy atom. The van der Waals surface area contributed by atoms with E-state index in [4.69, 9.17) is 0 Å². The summed E-state index contributed by atoms with van der Waals surface area (Å²) in [5.41, 5.74) is 0.542. The molecule has 2 saturated heterocycles. The highest BCUT2D eigenvalue weighted by atomic mass is 15.2. The molecule has 0 aromatic heterocycles. The standard InChI is InChI=1S/C13H26N2/c1-11-5-7-14-12(11)9-15-8-4-6-13(2,3)10-15/h11-12,14H,4-10H2,1-3H3. The highest BCUT2D eigenvalue weighted by molar-refractivity contribution is 4.87. The SMILES string of the molecule is CC1CCNC1CN1CCCC(C)(C)C1. The zero-order valence-corrected chi connectivity index (χ0v) is 10.6. The molecule has 1 N–H and O–H groups in total. The summed E-state index contributed by atoms with van der Waals surface area (Å²) in [6.45, 7) is 12.3. The van der Waals surface area contributed by atoms with Gasteiger partial charge in [-0.3, -0.25) is 0 Å². The second-order valence-corrected chi connectivity index (χ2v) is 6.33. The predicted molar refractivity (Wildman–Crippen MR) is 65.0 cm³/mol. The summed E-state index contributed by atoms with van der Waals surface area (Å²) in [7, 11) is 0. The molecule has 0 radical (unpaired) electrons. The van der Waals surface area contributed by atoms with E-state index in [1.807, 2.05) is 0 Å². The van der Waals surface area contributed by atoms with Gasteiger partial charge in [0, 0.05) is 19.1 Å². The van der Waals surface area contributed by atoms with E-state index in [0.717, 1.165) is 12.0 Å². The van der Waals surface area contributed by atoms with Gasteiger partial charge in [-0.1, -0.05) is 20.8 Å². The number of rotatable bonds is 2. The van der Waals surface area contributed by atoms with E-state index in [-0.39, 0.29) is 0 Å². The summed E-state index contributed by atoms with van der Waals surface area (Å²) in [6.07, 6.45) is 4.15. The Labute approximate surface area is 94.4 Å². The average Bonchev–Trinajstić information content (AvgIpc) is 2.50. The van der Waals surface area contributed by atoms with Crippen molar-refractivity contribution >= 4 is 0 Å². The minimum Gasteiger partial charge on any atom is -0.312 e. The van der Waals surface area contributed by atoms with Gasteiger partial charge in [-0.2, -0.15) is 0 Å². The van der Waals surface area contributed by atoms with Crippen molar-refractivity contribution in [2.45, 2.75) is 46.1 Å². The van der Waals surface area contributed by atoms with Crippen LogP contribution in [0.2, 0.25) is 0 Å². The fraction of sp³-hybridized carbons (Fsp3) is 1.00. The van der Waals surface area contributed by atoms with Gasteiger partial charge < -0.3 is 10.2 Å². The topological polar surface area (TPSA) is 15.3 Å². The van der Waals surface area contributed by atoms with Gasteiger partial charge in [0.25, 0.3) is 0 Å². The molecular weight excluding hydrogens is 184 g/mol.